The second-order valence-corrected chi connectivity index (χ2v) is 9.23. The molecule has 0 spiro atoms. The van der Waals surface area contributed by atoms with Gasteiger partial charge in [-0.15, -0.1) is 0 Å². The van der Waals surface area contributed by atoms with Crippen LogP contribution >= 0.6 is 0 Å². The number of nitrogens with one attached hydrogen (secondary N) is 1. The van der Waals surface area contributed by atoms with E-state index in [9.17, 15) is 13.2 Å². The lowest BCUT2D eigenvalue weighted by molar-refractivity contribution is 0.0906. The number of benzene rings is 1. The largest absolute Gasteiger partial charge is 0.348 e. The van der Waals surface area contributed by atoms with E-state index < -0.39 is 21.5 Å². The van der Waals surface area contributed by atoms with Gasteiger partial charge in [-0.25, -0.2) is 8.42 Å². The Bertz CT molecular complexity index is 882. The Morgan fingerprint density at radius 1 is 1.32 bits per heavy atom. The van der Waals surface area contributed by atoms with E-state index >= 15 is 0 Å². The molecule has 0 radical (unpaired) electrons. The lowest BCUT2D eigenvalue weighted by Crippen LogP contribution is -2.36. The Hall–Kier alpha value is -2.26. The molecule has 2 heterocycles. The first-order chi connectivity index (χ1) is 13.4. The molecule has 9 heteroatoms. The Kier molecular flexibility index (Phi) is 6.79. The Balaban J connectivity index is 1.46. The summed E-state index contributed by atoms with van der Waals surface area (Å²) in [6, 6.07) is 8.04. The molecule has 28 heavy (non-hydrogen) atoms. The SMILES string of the molecule is C[C@H]1CCCN(CCCNC(=O)c2nc(CS(=O)(=O)c3ccccc3)no2)C1. The number of piperidine rings is 1. The summed E-state index contributed by atoms with van der Waals surface area (Å²) in [6.45, 7) is 5.93. The number of hydrogen-bond acceptors (Lipinski definition) is 7. The highest BCUT2D eigenvalue weighted by Crippen LogP contribution is 2.16. The maximum atomic E-state index is 12.3. The highest BCUT2D eigenvalue weighted by molar-refractivity contribution is 7.90. The second-order valence-electron chi connectivity index (χ2n) is 7.25. The molecular weight excluding hydrogens is 380 g/mol. The van der Waals surface area contributed by atoms with Crippen LogP contribution in [0.15, 0.2) is 39.8 Å². The van der Waals surface area contributed by atoms with Gasteiger partial charge in [0, 0.05) is 13.1 Å². The first kappa shape index (κ1) is 20.5. The summed E-state index contributed by atoms with van der Waals surface area (Å²) in [7, 11) is -3.59. The van der Waals surface area contributed by atoms with Gasteiger partial charge in [0.1, 0.15) is 5.75 Å². The third-order valence-electron chi connectivity index (χ3n) is 4.76. The van der Waals surface area contributed by atoms with Gasteiger partial charge in [0.2, 0.25) is 0 Å². The third-order valence-corrected chi connectivity index (χ3v) is 6.39. The predicted molar refractivity (Wildman–Crippen MR) is 103 cm³/mol. The van der Waals surface area contributed by atoms with Gasteiger partial charge in [-0.1, -0.05) is 30.3 Å². The van der Waals surface area contributed by atoms with Crippen LogP contribution in [0.25, 0.3) is 0 Å². The lowest BCUT2D eigenvalue weighted by Gasteiger charge is -2.30. The summed E-state index contributed by atoms with van der Waals surface area (Å²) in [5.41, 5.74) is 0. The average Bonchev–Trinajstić information content (AvgIpc) is 3.14. The molecule has 0 bridgehead atoms. The van der Waals surface area contributed by atoms with E-state index in [0.29, 0.717) is 6.54 Å². The van der Waals surface area contributed by atoms with E-state index in [1.807, 2.05) is 0 Å². The molecule has 152 valence electrons. The van der Waals surface area contributed by atoms with Gasteiger partial charge in [-0.3, -0.25) is 4.79 Å². The molecule has 1 aliphatic heterocycles. The van der Waals surface area contributed by atoms with Crippen molar-refractivity contribution in [1.82, 2.24) is 20.4 Å². The topological polar surface area (TPSA) is 105 Å². The molecule has 3 rings (SSSR count). The van der Waals surface area contributed by atoms with Crippen LogP contribution in [0, 0.1) is 5.92 Å². The lowest BCUT2D eigenvalue weighted by atomic mass is 10.0. The minimum Gasteiger partial charge on any atom is -0.348 e. The molecule has 1 saturated heterocycles. The molecule has 1 aromatic carbocycles. The third kappa shape index (κ3) is 5.62. The van der Waals surface area contributed by atoms with Gasteiger partial charge in [0.15, 0.2) is 15.7 Å². The minimum absolute atomic E-state index is 0.0312. The fraction of sp³-hybridized carbons (Fsp3) is 0.526. The Labute approximate surface area is 165 Å². The van der Waals surface area contributed by atoms with Gasteiger partial charge < -0.3 is 14.7 Å². The van der Waals surface area contributed by atoms with Crippen molar-refractivity contribution >= 4 is 15.7 Å². The van der Waals surface area contributed by atoms with E-state index in [1.165, 1.54) is 25.0 Å². The highest BCUT2D eigenvalue weighted by Gasteiger charge is 2.21. The fourth-order valence-electron chi connectivity index (χ4n) is 3.36. The normalized spacial score (nSPS) is 18.1. The van der Waals surface area contributed by atoms with Gasteiger partial charge in [0.05, 0.1) is 4.90 Å². The monoisotopic (exact) mass is 406 g/mol. The molecule has 0 saturated carbocycles. The number of nitrogens with zero attached hydrogens (tertiary/aromatic N) is 3. The number of aromatic nitrogens is 2. The zero-order valence-electron chi connectivity index (χ0n) is 16.0. The standard InChI is InChI=1S/C19H26N4O4S/c1-15-7-5-11-23(13-15)12-6-10-20-18(24)19-21-17(22-27-19)14-28(25,26)16-8-3-2-4-9-16/h2-4,8-9,15H,5-7,10-14H2,1H3,(H,20,24)/t15-/m0/s1. The molecule has 1 fully saturated rings. The van der Waals surface area contributed by atoms with Crippen LogP contribution in [0.3, 0.4) is 0 Å². The van der Waals surface area contributed by atoms with E-state index in [1.54, 1.807) is 18.2 Å². The van der Waals surface area contributed by atoms with Crippen LogP contribution in [-0.4, -0.2) is 55.5 Å². The molecule has 0 unspecified atom stereocenters. The van der Waals surface area contributed by atoms with Crippen LogP contribution in [-0.2, 0) is 15.6 Å². The van der Waals surface area contributed by atoms with Crippen molar-refractivity contribution in [2.24, 2.45) is 5.92 Å². The van der Waals surface area contributed by atoms with Crippen molar-refractivity contribution in [3.63, 3.8) is 0 Å². The molecule has 1 atom stereocenters. The summed E-state index contributed by atoms with van der Waals surface area (Å²) in [6.07, 6.45) is 3.35. The van der Waals surface area contributed by atoms with Crippen LogP contribution < -0.4 is 5.32 Å². The molecule has 1 amide bonds. The van der Waals surface area contributed by atoms with Crippen molar-refractivity contribution in [2.45, 2.75) is 36.8 Å². The van der Waals surface area contributed by atoms with Crippen molar-refractivity contribution < 1.29 is 17.7 Å². The molecule has 1 N–H and O–H groups in total. The maximum Gasteiger partial charge on any atom is 0.315 e. The van der Waals surface area contributed by atoms with E-state index in [-0.39, 0.29) is 16.6 Å². The number of amides is 1. The van der Waals surface area contributed by atoms with Crippen LogP contribution in [0.5, 0.6) is 0 Å². The van der Waals surface area contributed by atoms with E-state index in [4.69, 9.17) is 4.52 Å². The van der Waals surface area contributed by atoms with Gasteiger partial charge >= 0.3 is 11.8 Å². The van der Waals surface area contributed by atoms with Crippen molar-refractivity contribution in [3.05, 3.63) is 42.0 Å². The van der Waals surface area contributed by atoms with Gasteiger partial charge in [0.25, 0.3) is 0 Å². The predicted octanol–water partition coefficient (Wildman–Crippen LogP) is 1.90. The van der Waals surface area contributed by atoms with E-state index in [0.717, 1.165) is 32.0 Å². The molecule has 2 aromatic rings. The number of likely N-dealkylation sites (tertiary alicyclic amines) is 1. The number of carbonyl (C=O) groups excluding carboxylic acids is 1. The van der Waals surface area contributed by atoms with E-state index in [2.05, 4.69) is 27.3 Å². The molecule has 1 aliphatic rings. The minimum atomic E-state index is -3.59. The van der Waals surface area contributed by atoms with Crippen LogP contribution in [0.1, 0.15) is 42.7 Å². The maximum absolute atomic E-state index is 12.3. The number of carbonyl (C=O) groups is 1. The zero-order valence-corrected chi connectivity index (χ0v) is 16.8. The molecule has 8 nitrogen and oxygen atoms in total. The van der Waals surface area contributed by atoms with Crippen molar-refractivity contribution in [1.29, 1.82) is 0 Å². The molecule has 1 aromatic heterocycles. The van der Waals surface area contributed by atoms with Crippen LogP contribution in [0.2, 0.25) is 0 Å². The van der Waals surface area contributed by atoms with Crippen LogP contribution in [0.4, 0.5) is 0 Å². The zero-order chi connectivity index (χ0) is 20.0. The molecule has 0 aliphatic carbocycles. The first-order valence-electron chi connectivity index (χ1n) is 9.55. The summed E-state index contributed by atoms with van der Waals surface area (Å²) >= 11 is 0. The smallest absolute Gasteiger partial charge is 0.315 e. The summed E-state index contributed by atoms with van der Waals surface area (Å²) in [5, 5.41) is 6.37. The summed E-state index contributed by atoms with van der Waals surface area (Å²) < 4.78 is 29.6. The number of hydrogen-bond donors (Lipinski definition) is 1. The molecular formula is C19H26N4O4S. The Morgan fingerprint density at radius 3 is 2.86 bits per heavy atom. The quantitative estimate of drug-likeness (QED) is 0.667. The fourth-order valence-corrected chi connectivity index (χ4v) is 4.55. The summed E-state index contributed by atoms with van der Waals surface area (Å²) in [5.74, 6) is -0.419. The Morgan fingerprint density at radius 2 is 2.11 bits per heavy atom. The van der Waals surface area contributed by atoms with Crippen molar-refractivity contribution in [2.75, 3.05) is 26.2 Å². The average molecular weight is 407 g/mol. The first-order valence-corrected chi connectivity index (χ1v) is 11.2. The van der Waals surface area contributed by atoms with Gasteiger partial charge in [-0.2, -0.15) is 4.98 Å². The van der Waals surface area contributed by atoms with Crippen molar-refractivity contribution in [3.8, 4) is 0 Å². The highest BCUT2D eigenvalue weighted by atomic mass is 32.2. The summed E-state index contributed by atoms with van der Waals surface area (Å²) in [4.78, 5) is 18.6. The number of sulfone groups is 1. The number of rotatable bonds is 8. The second kappa shape index (κ2) is 9.29. The van der Waals surface area contributed by atoms with Gasteiger partial charge in [-0.05, 0) is 50.4 Å².